The first-order chi connectivity index (χ1) is 15.6. The number of nitrogens with zero attached hydrogens (tertiary/aromatic N) is 3. The number of rotatable bonds is 3. The van der Waals surface area contributed by atoms with E-state index in [0.29, 0.717) is 48.9 Å². The highest BCUT2D eigenvalue weighted by Crippen LogP contribution is 2.67. The van der Waals surface area contributed by atoms with E-state index in [1.54, 1.807) is 17.8 Å². The van der Waals surface area contributed by atoms with Gasteiger partial charge in [0.1, 0.15) is 17.7 Å². The lowest BCUT2D eigenvalue weighted by Crippen LogP contribution is -2.58. The molecule has 1 aromatic heterocycles. The molecule has 1 heterocycles. The molecule has 33 heavy (non-hydrogen) atoms. The second kappa shape index (κ2) is 7.79. The van der Waals surface area contributed by atoms with Crippen molar-refractivity contribution in [3.8, 4) is 6.07 Å². The van der Waals surface area contributed by atoms with E-state index in [1.807, 2.05) is 6.92 Å². The lowest BCUT2D eigenvalue weighted by molar-refractivity contribution is -0.163. The van der Waals surface area contributed by atoms with Crippen molar-refractivity contribution >= 4 is 5.94 Å². The van der Waals surface area contributed by atoms with Crippen LogP contribution in [0.4, 0.5) is 4.39 Å². The molecule has 0 radical (unpaired) electrons. The molecule has 0 amide bonds. The Balaban J connectivity index is 1.37. The predicted molar refractivity (Wildman–Crippen MR) is 122 cm³/mol. The van der Waals surface area contributed by atoms with Crippen LogP contribution in [0, 0.1) is 53.3 Å². The Morgan fingerprint density at radius 1 is 1.21 bits per heavy atom. The van der Waals surface area contributed by atoms with Crippen LogP contribution in [0.1, 0.15) is 82.9 Å². The highest BCUT2D eigenvalue weighted by atomic mass is 19.1. The first-order valence-corrected chi connectivity index (χ1v) is 12.7. The molecule has 1 aromatic rings. The summed E-state index contributed by atoms with van der Waals surface area (Å²) in [6.07, 6.45) is 9.02. The second-order valence-corrected chi connectivity index (χ2v) is 12.0. The highest BCUT2D eigenvalue weighted by Gasteiger charge is 2.63. The van der Waals surface area contributed by atoms with Crippen molar-refractivity contribution in [2.24, 2.45) is 35.0 Å². The Morgan fingerprint density at radius 3 is 2.70 bits per heavy atom. The molecule has 0 aliphatic heterocycles. The first-order valence-electron chi connectivity index (χ1n) is 12.7. The average Bonchev–Trinajstić information content (AvgIpc) is 3.31. The maximum absolute atomic E-state index is 16.5. The van der Waals surface area contributed by atoms with Crippen molar-refractivity contribution in [3.05, 3.63) is 23.0 Å². The minimum Gasteiger partial charge on any atom is -0.390 e. The largest absolute Gasteiger partial charge is 0.390 e. The van der Waals surface area contributed by atoms with Gasteiger partial charge in [-0.05, 0) is 107 Å². The monoisotopic (exact) mass is 453 g/mol. The van der Waals surface area contributed by atoms with Gasteiger partial charge in [-0.15, -0.1) is 0 Å². The lowest BCUT2D eigenvalue weighted by Gasteiger charge is -2.59. The van der Waals surface area contributed by atoms with Gasteiger partial charge in [-0.1, -0.05) is 6.92 Å². The van der Waals surface area contributed by atoms with E-state index in [4.69, 9.17) is 0 Å². The number of aryl methyl sites for hydroxylation is 1. The number of hydrogen-bond acceptors (Lipinski definition) is 4. The molecule has 6 heteroatoms. The fraction of sp³-hybridized carbons (Fsp3) is 0.778. The van der Waals surface area contributed by atoms with Crippen molar-refractivity contribution in [1.82, 2.24) is 9.78 Å². The van der Waals surface area contributed by atoms with Gasteiger partial charge >= 0.3 is 0 Å². The summed E-state index contributed by atoms with van der Waals surface area (Å²) in [5.74, 6) is 3.24. The molecule has 0 unspecified atom stereocenters. The van der Waals surface area contributed by atoms with Crippen molar-refractivity contribution < 1.29 is 14.3 Å². The summed E-state index contributed by atoms with van der Waals surface area (Å²) in [6, 6.07) is 2.15. The van der Waals surface area contributed by atoms with Gasteiger partial charge in [0, 0.05) is 11.8 Å². The maximum Gasteiger partial charge on any atom is 0.125 e. The fourth-order valence-electron chi connectivity index (χ4n) is 8.65. The molecule has 5 rings (SSSR count). The molecule has 4 fully saturated rings. The SMILES string of the molecule is Cc1nn(CC(=C=O)[C@H]2CC[C@H]3[C@@H]4CC[C@@H]5C[C@](C)(O)CC[C@]5(F)[C@H]4CC[C@]23C)cc1C#N. The molecule has 178 valence electrons. The van der Waals surface area contributed by atoms with Crippen LogP contribution in [0.2, 0.25) is 0 Å². The number of alkyl halides is 1. The van der Waals surface area contributed by atoms with Crippen LogP contribution >= 0.6 is 0 Å². The smallest absolute Gasteiger partial charge is 0.125 e. The van der Waals surface area contributed by atoms with Crippen LogP contribution in [0.15, 0.2) is 11.8 Å². The third-order valence-corrected chi connectivity index (χ3v) is 10.3. The molecule has 5 nitrogen and oxygen atoms in total. The van der Waals surface area contributed by atoms with E-state index in [1.165, 1.54) is 0 Å². The summed E-state index contributed by atoms with van der Waals surface area (Å²) in [7, 11) is 0. The summed E-state index contributed by atoms with van der Waals surface area (Å²) < 4.78 is 18.2. The van der Waals surface area contributed by atoms with Gasteiger partial charge in [0.05, 0.1) is 23.4 Å². The Morgan fingerprint density at radius 2 is 2.00 bits per heavy atom. The molecular weight excluding hydrogens is 417 g/mol. The van der Waals surface area contributed by atoms with Gasteiger partial charge < -0.3 is 5.11 Å². The van der Waals surface area contributed by atoms with E-state index < -0.39 is 11.3 Å². The normalized spacial score (nSPS) is 44.2. The zero-order chi connectivity index (χ0) is 23.6. The van der Waals surface area contributed by atoms with Crippen LogP contribution in [0.25, 0.3) is 0 Å². The topological polar surface area (TPSA) is 78.9 Å². The summed E-state index contributed by atoms with van der Waals surface area (Å²) in [5, 5.41) is 24.2. The van der Waals surface area contributed by atoms with E-state index >= 15 is 4.39 Å². The Kier molecular flexibility index (Phi) is 5.38. The standard InChI is InChI=1S/C27H36FN3O2/c1-17-18(13-29)14-31(30-17)15-19(16-32)22-6-7-23-21-5-4-20-12-25(2,33)10-11-27(20,28)24(21)8-9-26(22,23)3/h14,20-24,33H,4-12,15H2,1-3H3/t20-,21+,22-,23+,24+,25-,26-,27-/m1/s1. The summed E-state index contributed by atoms with van der Waals surface area (Å²) in [4.78, 5) is 12.1. The number of halogens is 1. The second-order valence-electron chi connectivity index (χ2n) is 12.0. The number of allylic oxidation sites excluding steroid dienone is 1. The predicted octanol–water partition coefficient (Wildman–Crippen LogP) is 4.93. The Bertz CT molecular complexity index is 1030. The van der Waals surface area contributed by atoms with Gasteiger partial charge in [0.15, 0.2) is 0 Å². The van der Waals surface area contributed by atoms with Gasteiger partial charge in [0.25, 0.3) is 0 Å². The first kappa shape index (κ1) is 22.8. The van der Waals surface area contributed by atoms with Crippen LogP contribution in [-0.4, -0.2) is 32.1 Å². The third-order valence-electron chi connectivity index (χ3n) is 10.3. The maximum atomic E-state index is 16.5. The van der Waals surface area contributed by atoms with Gasteiger partial charge in [-0.2, -0.15) is 10.4 Å². The fourth-order valence-corrected chi connectivity index (χ4v) is 8.65. The number of hydrogen-bond donors (Lipinski definition) is 1. The number of nitriles is 1. The zero-order valence-electron chi connectivity index (χ0n) is 20.1. The van der Waals surface area contributed by atoms with Crippen LogP contribution in [0.5, 0.6) is 0 Å². The molecular formula is C27H36FN3O2. The molecule has 4 aliphatic carbocycles. The lowest BCUT2D eigenvalue weighted by atomic mass is 9.47. The molecule has 4 aliphatic rings. The number of carbonyl (C=O) groups excluding carboxylic acids is 1. The highest BCUT2D eigenvalue weighted by molar-refractivity contribution is 5.54. The van der Waals surface area contributed by atoms with Crippen molar-refractivity contribution in [2.45, 2.75) is 96.4 Å². The van der Waals surface area contributed by atoms with Crippen LogP contribution < -0.4 is 0 Å². The average molecular weight is 454 g/mol. The summed E-state index contributed by atoms with van der Waals surface area (Å²) in [5.41, 5.74) is 0.0612. The number of fused-ring (bicyclic) bond motifs is 5. The van der Waals surface area contributed by atoms with Crippen molar-refractivity contribution in [2.75, 3.05) is 0 Å². The van der Waals surface area contributed by atoms with Gasteiger partial charge in [0.2, 0.25) is 0 Å². The van der Waals surface area contributed by atoms with Crippen molar-refractivity contribution in [1.29, 1.82) is 5.26 Å². The van der Waals surface area contributed by atoms with E-state index in [0.717, 1.165) is 44.1 Å². The van der Waals surface area contributed by atoms with E-state index in [9.17, 15) is 15.2 Å². The Labute approximate surface area is 196 Å². The molecule has 0 bridgehead atoms. The molecule has 4 saturated carbocycles. The minimum absolute atomic E-state index is 0.0163. The van der Waals surface area contributed by atoms with Gasteiger partial charge in [-0.3, -0.25) is 4.68 Å². The molecule has 0 saturated heterocycles. The molecule has 0 aromatic carbocycles. The summed E-state index contributed by atoms with van der Waals surface area (Å²) in [6.45, 7) is 6.37. The molecule has 0 spiro atoms. The number of aliphatic hydroxyl groups is 1. The summed E-state index contributed by atoms with van der Waals surface area (Å²) >= 11 is 0. The third kappa shape index (κ3) is 3.51. The van der Waals surface area contributed by atoms with Gasteiger partial charge in [-0.25, -0.2) is 9.18 Å². The van der Waals surface area contributed by atoms with Crippen molar-refractivity contribution in [3.63, 3.8) is 0 Å². The number of aromatic nitrogens is 2. The van der Waals surface area contributed by atoms with E-state index in [-0.39, 0.29) is 23.2 Å². The van der Waals surface area contributed by atoms with Crippen LogP contribution in [0.3, 0.4) is 0 Å². The molecule has 8 atom stereocenters. The van der Waals surface area contributed by atoms with Crippen LogP contribution in [-0.2, 0) is 11.3 Å². The zero-order valence-corrected chi connectivity index (χ0v) is 20.1. The Hall–Kier alpha value is -1.96. The quantitative estimate of drug-likeness (QED) is 0.658. The van der Waals surface area contributed by atoms with E-state index in [2.05, 4.69) is 24.0 Å². The minimum atomic E-state index is -1.14. The molecule has 1 N–H and O–H groups in total.